The number of carbonyl (C=O) groups is 3. The summed E-state index contributed by atoms with van der Waals surface area (Å²) < 4.78 is 1.43. The lowest BCUT2D eigenvalue weighted by Crippen LogP contribution is -2.60. The lowest BCUT2D eigenvalue weighted by molar-refractivity contribution is -0.136. The van der Waals surface area contributed by atoms with Gasteiger partial charge in [0.25, 0.3) is 5.56 Å². The van der Waals surface area contributed by atoms with Crippen molar-refractivity contribution in [3.63, 3.8) is 0 Å². The highest BCUT2D eigenvalue weighted by Gasteiger charge is 2.52. The summed E-state index contributed by atoms with van der Waals surface area (Å²) in [6.45, 7) is 2.44. The van der Waals surface area contributed by atoms with Gasteiger partial charge in [0, 0.05) is 30.1 Å². The molecule has 3 amide bonds. The molecule has 1 aromatic heterocycles. The summed E-state index contributed by atoms with van der Waals surface area (Å²) in [5.74, 6) is 2.96. The Labute approximate surface area is 240 Å². The van der Waals surface area contributed by atoms with E-state index in [0.29, 0.717) is 34.9 Å². The van der Waals surface area contributed by atoms with E-state index in [1.54, 1.807) is 6.92 Å². The minimum Gasteiger partial charge on any atom is -0.384 e. The normalized spacial score (nSPS) is 34.5. The van der Waals surface area contributed by atoms with Crippen LogP contribution in [0.1, 0.15) is 88.9 Å². The second kappa shape index (κ2) is 10.2. The Morgan fingerprint density at radius 2 is 1.68 bits per heavy atom. The molecule has 0 radical (unpaired) electrons. The van der Waals surface area contributed by atoms with Crippen LogP contribution in [0.2, 0.25) is 0 Å². The first-order chi connectivity index (χ1) is 19.8. The SMILES string of the molecule is Cc1nc2cccc(NCC3CCC(C(=O)NC45CC6CC(CC(C6)C4)C5)CC3)c2c(=O)n1C1CCC(=O)NC1=O. The number of carbonyl (C=O) groups excluding carboxylic acids is 3. The van der Waals surface area contributed by atoms with Crippen molar-refractivity contribution in [1.29, 1.82) is 0 Å². The molecule has 0 spiro atoms. The van der Waals surface area contributed by atoms with Crippen molar-refractivity contribution < 1.29 is 14.4 Å². The maximum atomic E-state index is 13.7. The fourth-order valence-corrected chi connectivity index (χ4v) is 9.31. The number of rotatable bonds is 6. The molecule has 9 heteroatoms. The van der Waals surface area contributed by atoms with Crippen LogP contribution in [-0.2, 0) is 14.4 Å². The lowest BCUT2D eigenvalue weighted by Gasteiger charge is -2.57. The summed E-state index contributed by atoms with van der Waals surface area (Å²) in [4.78, 5) is 55.9. The predicted molar refractivity (Wildman–Crippen MR) is 155 cm³/mol. The molecule has 1 atom stereocenters. The summed E-state index contributed by atoms with van der Waals surface area (Å²) in [5, 5.41) is 9.91. The van der Waals surface area contributed by atoms with Crippen molar-refractivity contribution in [2.24, 2.45) is 29.6 Å². The minimum atomic E-state index is -0.745. The van der Waals surface area contributed by atoms with Crippen molar-refractivity contribution in [3.05, 3.63) is 34.4 Å². The highest BCUT2D eigenvalue weighted by atomic mass is 16.2. The number of aryl methyl sites for hydroxylation is 1. The first-order valence-corrected chi connectivity index (χ1v) is 15.7. The third kappa shape index (κ3) is 4.95. The maximum Gasteiger partial charge on any atom is 0.264 e. The largest absolute Gasteiger partial charge is 0.384 e. The molecular formula is C32H41N5O4. The summed E-state index contributed by atoms with van der Waals surface area (Å²) in [6.07, 6.45) is 12.0. The number of imide groups is 1. The first-order valence-electron chi connectivity index (χ1n) is 15.7. The molecule has 3 N–H and O–H groups in total. The lowest BCUT2D eigenvalue weighted by atomic mass is 9.53. The van der Waals surface area contributed by atoms with E-state index in [9.17, 15) is 19.2 Å². The van der Waals surface area contributed by atoms with Gasteiger partial charge in [-0.2, -0.15) is 0 Å². The fraction of sp³-hybridized carbons (Fsp3) is 0.656. The highest BCUT2D eigenvalue weighted by Crippen LogP contribution is 2.55. The molecule has 1 unspecified atom stereocenters. The molecule has 5 aliphatic carbocycles. The second-order valence-corrected chi connectivity index (χ2v) is 13.8. The van der Waals surface area contributed by atoms with Crippen LogP contribution in [0.3, 0.4) is 0 Å². The van der Waals surface area contributed by atoms with E-state index >= 15 is 0 Å². The van der Waals surface area contributed by atoms with Crippen LogP contribution in [0.4, 0.5) is 5.69 Å². The Morgan fingerprint density at radius 1 is 1.00 bits per heavy atom. The second-order valence-electron chi connectivity index (χ2n) is 13.8. The van der Waals surface area contributed by atoms with Crippen molar-refractivity contribution in [3.8, 4) is 0 Å². The standard InChI is InChI=1S/C32H41N5O4/c1-18-34-25-4-2-3-24(28(25)31(41)37(18)26-9-10-27(38)35-30(26)40)33-17-19-5-7-23(8-6-19)29(39)36-32-14-20-11-21(15-32)13-22(12-20)16-32/h2-4,19-23,26,33H,5-17H2,1H3,(H,36,39)(H,35,38,40). The van der Waals surface area contributed by atoms with Crippen LogP contribution in [0, 0.1) is 36.5 Å². The molecule has 9 nitrogen and oxygen atoms in total. The number of aromatic nitrogens is 2. The number of nitrogens with one attached hydrogen (secondary N) is 3. The first kappa shape index (κ1) is 26.7. The zero-order valence-corrected chi connectivity index (χ0v) is 23.9. The molecule has 6 aliphatic rings. The van der Waals surface area contributed by atoms with Crippen LogP contribution in [0.15, 0.2) is 23.0 Å². The van der Waals surface area contributed by atoms with Gasteiger partial charge in [0.1, 0.15) is 11.9 Å². The van der Waals surface area contributed by atoms with E-state index in [-0.39, 0.29) is 41.7 Å². The van der Waals surface area contributed by atoms with Gasteiger partial charge in [-0.25, -0.2) is 4.98 Å². The number of hydrogen-bond acceptors (Lipinski definition) is 6. The quantitative estimate of drug-likeness (QED) is 0.460. The minimum absolute atomic E-state index is 0.0751. The third-order valence-electron chi connectivity index (χ3n) is 10.9. The number of benzene rings is 1. The van der Waals surface area contributed by atoms with E-state index in [0.717, 1.165) is 43.4 Å². The molecule has 8 rings (SSSR count). The van der Waals surface area contributed by atoms with Gasteiger partial charge in [0.05, 0.1) is 10.9 Å². The van der Waals surface area contributed by atoms with Gasteiger partial charge in [-0.05, 0) is 113 Å². The van der Waals surface area contributed by atoms with Crippen molar-refractivity contribution in [1.82, 2.24) is 20.2 Å². The van der Waals surface area contributed by atoms with Crippen LogP contribution >= 0.6 is 0 Å². The van der Waals surface area contributed by atoms with E-state index < -0.39 is 11.9 Å². The average Bonchev–Trinajstić information content (AvgIpc) is 2.92. The van der Waals surface area contributed by atoms with Gasteiger partial charge in [-0.15, -0.1) is 0 Å². The van der Waals surface area contributed by atoms with Crippen LogP contribution in [0.5, 0.6) is 0 Å². The molecule has 6 fully saturated rings. The molecular weight excluding hydrogens is 518 g/mol. The van der Waals surface area contributed by atoms with Crippen LogP contribution in [0.25, 0.3) is 10.9 Å². The molecule has 2 aromatic rings. The zero-order valence-electron chi connectivity index (χ0n) is 23.9. The topological polar surface area (TPSA) is 122 Å². The van der Waals surface area contributed by atoms with Gasteiger partial charge in [-0.3, -0.25) is 29.1 Å². The molecule has 2 heterocycles. The van der Waals surface area contributed by atoms with Crippen LogP contribution < -0.4 is 21.5 Å². The molecule has 1 saturated heterocycles. The summed E-state index contributed by atoms with van der Waals surface area (Å²) in [5.41, 5.74) is 1.11. The molecule has 4 bridgehead atoms. The Kier molecular flexibility index (Phi) is 6.66. The monoisotopic (exact) mass is 559 g/mol. The summed E-state index contributed by atoms with van der Waals surface area (Å²) >= 11 is 0. The number of anilines is 1. The fourth-order valence-electron chi connectivity index (χ4n) is 9.31. The molecule has 1 aliphatic heterocycles. The Hall–Kier alpha value is -3.23. The van der Waals surface area contributed by atoms with Crippen LogP contribution in [-0.4, -0.2) is 39.4 Å². The summed E-state index contributed by atoms with van der Waals surface area (Å²) in [7, 11) is 0. The molecule has 41 heavy (non-hydrogen) atoms. The highest BCUT2D eigenvalue weighted by molar-refractivity contribution is 5.99. The Balaban J connectivity index is 0.997. The number of nitrogens with zero attached hydrogens (tertiary/aromatic N) is 2. The maximum absolute atomic E-state index is 13.7. The van der Waals surface area contributed by atoms with Gasteiger partial charge >= 0.3 is 0 Å². The van der Waals surface area contributed by atoms with Crippen molar-refractivity contribution >= 4 is 34.3 Å². The predicted octanol–water partition coefficient (Wildman–Crippen LogP) is 3.99. The van der Waals surface area contributed by atoms with E-state index in [4.69, 9.17) is 0 Å². The molecule has 5 saturated carbocycles. The number of amides is 3. The summed E-state index contributed by atoms with van der Waals surface area (Å²) in [6, 6.07) is 4.85. The Morgan fingerprint density at radius 3 is 2.34 bits per heavy atom. The third-order valence-corrected chi connectivity index (χ3v) is 10.9. The van der Waals surface area contributed by atoms with E-state index in [2.05, 4.69) is 20.9 Å². The van der Waals surface area contributed by atoms with Gasteiger partial charge in [0.15, 0.2) is 0 Å². The molecule has 1 aromatic carbocycles. The number of piperidine rings is 1. The van der Waals surface area contributed by atoms with E-state index in [1.807, 2.05) is 18.2 Å². The Bertz CT molecular complexity index is 1420. The van der Waals surface area contributed by atoms with Crippen molar-refractivity contribution in [2.75, 3.05) is 11.9 Å². The van der Waals surface area contributed by atoms with E-state index in [1.165, 1.54) is 43.1 Å². The van der Waals surface area contributed by atoms with Gasteiger partial charge in [0.2, 0.25) is 17.7 Å². The number of fused-ring (bicyclic) bond motifs is 1. The zero-order chi connectivity index (χ0) is 28.3. The molecule has 218 valence electrons. The smallest absolute Gasteiger partial charge is 0.264 e. The van der Waals surface area contributed by atoms with Gasteiger partial charge in [-0.1, -0.05) is 6.07 Å². The average molecular weight is 560 g/mol. The van der Waals surface area contributed by atoms with Gasteiger partial charge < -0.3 is 10.6 Å². The van der Waals surface area contributed by atoms with Crippen molar-refractivity contribution in [2.45, 2.75) is 95.6 Å². The number of hydrogen-bond donors (Lipinski definition) is 3.